The summed E-state index contributed by atoms with van der Waals surface area (Å²) in [6.07, 6.45) is -3.97. The van der Waals surface area contributed by atoms with Crippen LogP contribution >= 0.6 is 0 Å². The first-order chi connectivity index (χ1) is 19.3. The van der Waals surface area contributed by atoms with E-state index in [0.717, 1.165) is 23.0 Å². The van der Waals surface area contributed by atoms with Gasteiger partial charge in [0.05, 0.1) is 6.67 Å². The number of carbonyl (C=O) groups excluding carboxylic acids is 2. The molecule has 4 N–H and O–H groups in total. The van der Waals surface area contributed by atoms with Crippen LogP contribution in [0, 0.1) is 11.6 Å². The number of piperidine rings is 1. The van der Waals surface area contributed by atoms with Crippen LogP contribution in [0.15, 0.2) is 48.5 Å². The van der Waals surface area contributed by atoms with E-state index in [1.807, 2.05) is 42.2 Å². The summed E-state index contributed by atoms with van der Waals surface area (Å²) in [5.41, 5.74) is 1.15. The summed E-state index contributed by atoms with van der Waals surface area (Å²) in [4.78, 5) is 41.6. The van der Waals surface area contributed by atoms with Crippen molar-refractivity contribution in [1.29, 1.82) is 0 Å². The van der Waals surface area contributed by atoms with Gasteiger partial charge < -0.3 is 30.5 Å². The standard InChI is InChI=1S/C25H27F2N5O2.C2HF3O2/c1-16(29-23(33)22-12-17-4-2-3-5-21(17)30-22)14-31-10-8-25(9-11-31)24(34)28-15-32(25)18-6-7-19(26)20(27)13-18;3-2(4,5)1(6)7/h2-7,12-13,16,30H,8-11,14-15H2,1H3,(H,28,34)(H,29,33);(H,6,7)/t16-;/m0./s1. The zero-order valence-electron chi connectivity index (χ0n) is 21.9. The fourth-order valence-corrected chi connectivity index (χ4v) is 5.11. The van der Waals surface area contributed by atoms with Crippen LogP contribution in [0.3, 0.4) is 0 Å². The van der Waals surface area contributed by atoms with Crippen LogP contribution in [0.5, 0.6) is 0 Å². The van der Waals surface area contributed by atoms with Gasteiger partial charge in [-0.25, -0.2) is 13.6 Å². The molecule has 2 aliphatic heterocycles. The summed E-state index contributed by atoms with van der Waals surface area (Å²) >= 11 is 0. The number of aliphatic carboxylic acids is 1. The van der Waals surface area contributed by atoms with E-state index in [9.17, 15) is 31.5 Å². The number of carbonyl (C=O) groups is 3. The second kappa shape index (κ2) is 11.7. The van der Waals surface area contributed by atoms with Crippen molar-refractivity contribution in [3.63, 3.8) is 0 Å². The topological polar surface area (TPSA) is 118 Å². The number of amides is 2. The highest BCUT2D eigenvalue weighted by atomic mass is 19.4. The molecule has 0 saturated carbocycles. The summed E-state index contributed by atoms with van der Waals surface area (Å²) in [6, 6.07) is 13.2. The minimum Gasteiger partial charge on any atom is -0.475 e. The molecule has 0 bridgehead atoms. The van der Waals surface area contributed by atoms with Gasteiger partial charge >= 0.3 is 12.1 Å². The Balaban J connectivity index is 0.000000493. The van der Waals surface area contributed by atoms with Crippen molar-refractivity contribution in [3.05, 3.63) is 65.9 Å². The Labute approximate surface area is 231 Å². The molecule has 0 radical (unpaired) electrons. The third kappa shape index (κ3) is 6.59. The van der Waals surface area contributed by atoms with Crippen molar-refractivity contribution in [2.75, 3.05) is 31.2 Å². The molecule has 1 aromatic heterocycles. The first-order valence-corrected chi connectivity index (χ1v) is 12.7. The third-order valence-corrected chi connectivity index (χ3v) is 7.16. The second-order valence-electron chi connectivity index (χ2n) is 9.97. The van der Waals surface area contributed by atoms with Gasteiger partial charge in [-0.05, 0) is 44.0 Å². The number of nitrogens with one attached hydrogen (secondary N) is 3. The van der Waals surface area contributed by atoms with E-state index in [0.29, 0.717) is 43.9 Å². The fourth-order valence-electron chi connectivity index (χ4n) is 5.11. The molecule has 2 aliphatic rings. The highest BCUT2D eigenvalue weighted by Gasteiger charge is 2.50. The molecule has 3 heterocycles. The molecule has 0 unspecified atom stereocenters. The average Bonchev–Trinajstić information content (AvgIpc) is 3.48. The van der Waals surface area contributed by atoms with Crippen LogP contribution < -0.4 is 15.5 Å². The van der Waals surface area contributed by atoms with Crippen LogP contribution in [0.2, 0.25) is 0 Å². The van der Waals surface area contributed by atoms with Gasteiger partial charge in [0.25, 0.3) is 5.91 Å². The SMILES string of the molecule is C[C@@H](CN1CCC2(CC1)C(=O)NCN2c1ccc(F)c(F)c1)NC(=O)c1cc2ccccc2[nH]1.O=C(O)C(F)(F)F. The predicted octanol–water partition coefficient (Wildman–Crippen LogP) is 3.63. The third-order valence-electron chi connectivity index (χ3n) is 7.16. The summed E-state index contributed by atoms with van der Waals surface area (Å²) in [7, 11) is 0. The molecule has 5 rings (SSSR count). The maximum atomic E-state index is 13.8. The monoisotopic (exact) mass is 581 g/mol. The number of benzene rings is 2. The van der Waals surface area contributed by atoms with Gasteiger partial charge in [0.2, 0.25) is 5.91 Å². The highest BCUT2D eigenvalue weighted by molar-refractivity contribution is 5.98. The van der Waals surface area contributed by atoms with Crippen LogP contribution in [0.25, 0.3) is 10.9 Å². The Hall–Kier alpha value is -4.20. The minimum atomic E-state index is -5.08. The van der Waals surface area contributed by atoms with Gasteiger partial charge in [0, 0.05) is 48.3 Å². The van der Waals surface area contributed by atoms with Gasteiger partial charge in [-0.2, -0.15) is 13.2 Å². The molecule has 3 aromatic rings. The minimum absolute atomic E-state index is 0.0861. The van der Waals surface area contributed by atoms with E-state index in [1.54, 1.807) is 0 Å². The Bertz CT molecular complexity index is 1400. The van der Waals surface area contributed by atoms with E-state index >= 15 is 0 Å². The first-order valence-electron chi connectivity index (χ1n) is 12.7. The van der Waals surface area contributed by atoms with Crippen molar-refractivity contribution < 1.29 is 41.4 Å². The number of carboxylic acids is 1. The maximum Gasteiger partial charge on any atom is 0.490 e. The van der Waals surface area contributed by atoms with Gasteiger partial charge in [0.15, 0.2) is 11.6 Å². The van der Waals surface area contributed by atoms with E-state index in [2.05, 4.69) is 20.5 Å². The molecule has 9 nitrogen and oxygen atoms in total. The maximum absolute atomic E-state index is 13.8. The number of aromatic nitrogens is 1. The van der Waals surface area contributed by atoms with E-state index in [4.69, 9.17) is 9.90 Å². The predicted molar refractivity (Wildman–Crippen MR) is 139 cm³/mol. The quantitative estimate of drug-likeness (QED) is 0.342. The lowest BCUT2D eigenvalue weighted by Crippen LogP contribution is -2.57. The molecular formula is C27H28F5N5O4. The number of halogens is 5. The second-order valence-corrected chi connectivity index (χ2v) is 9.97. The van der Waals surface area contributed by atoms with Crippen LogP contribution in [0.4, 0.5) is 27.6 Å². The summed E-state index contributed by atoms with van der Waals surface area (Å²) in [6.45, 7) is 4.18. The number of para-hydroxylation sites is 1. The lowest BCUT2D eigenvalue weighted by molar-refractivity contribution is -0.192. The normalized spacial score (nSPS) is 17.6. The summed E-state index contributed by atoms with van der Waals surface area (Å²) in [5.74, 6) is -4.83. The molecule has 2 amide bonds. The molecule has 0 aliphatic carbocycles. The van der Waals surface area contributed by atoms with Crippen molar-refractivity contribution in [2.24, 2.45) is 0 Å². The van der Waals surface area contributed by atoms with Crippen LogP contribution in [-0.2, 0) is 9.59 Å². The number of likely N-dealkylation sites (tertiary alicyclic amines) is 1. The van der Waals surface area contributed by atoms with Crippen LogP contribution in [0.1, 0.15) is 30.3 Å². The number of nitrogens with zero attached hydrogens (tertiary/aromatic N) is 2. The molecule has 1 spiro atoms. The smallest absolute Gasteiger partial charge is 0.475 e. The Morgan fingerprint density at radius 3 is 2.34 bits per heavy atom. The molecule has 1 atom stereocenters. The lowest BCUT2D eigenvalue weighted by Gasteiger charge is -2.43. The van der Waals surface area contributed by atoms with Crippen molar-refractivity contribution in [2.45, 2.75) is 37.5 Å². The number of alkyl halides is 3. The number of fused-ring (bicyclic) bond motifs is 1. The van der Waals surface area contributed by atoms with Gasteiger partial charge in [0.1, 0.15) is 11.2 Å². The number of aromatic amines is 1. The van der Waals surface area contributed by atoms with Gasteiger partial charge in [-0.15, -0.1) is 0 Å². The Morgan fingerprint density at radius 2 is 1.73 bits per heavy atom. The zero-order chi connectivity index (χ0) is 29.9. The van der Waals surface area contributed by atoms with Gasteiger partial charge in [-0.1, -0.05) is 18.2 Å². The van der Waals surface area contributed by atoms with Crippen LogP contribution in [-0.4, -0.2) is 76.8 Å². The summed E-state index contributed by atoms with van der Waals surface area (Å²) < 4.78 is 59.0. The Kier molecular flexibility index (Phi) is 8.52. The Morgan fingerprint density at radius 1 is 1.07 bits per heavy atom. The van der Waals surface area contributed by atoms with Crippen molar-refractivity contribution in [1.82, 2.24) is 20.5 Å². The van der Waals surface area contributed by atoms with E-state index < -0.39 is 29.3 Å². The number of carboxylic acid groups (broad SMARTS) is 1. The molecule has 2 aromatic carbocycles. The number of hydrogen-bond acceptors (Lipinski definition) is 5. The van der Waals surface area contributed by atoms with Crippen molar-refractivity contribution in [3.8, 4) is 0 Å². The largest absolute Gasteiger partial charge is 0.490 e. The molecular weight excluding hydrogens is 553 g/mol. The number of H-pyrrole nitrogens is 1. The lowest BCUT2D eigenvalue weighted by atomic mass is 9.85. The fraction of sp³-hybridized carbons (Fsp3) is 0.370. The van der Waals surface area contributed by atoms with Gasteiger partial charge in [-0.3, -0.25) is 9.59 Å². The number of anilines is 1. The van der Waals surface area contributed by atoms with E-state index in [-0.39, 0.29) is 24.5 Å². The zero-order valence-corrected chi connectivity index (χ0v) is 21.9. The average molecular weight is 582 g/mol. The molecule has 2 saturated heterocycles. The number of rotatable bonds is 5. The molecule has 14 heteroatoms. The molecule has 220 valence electrons. The summed E-state index contributed by atoms with van der Waals surface area (Å²) in [5, 5.41) is 14.0. The molecule has 41 heavy (non-hydrogen) atoms. The number of hydrogen-bond donors (Lipinski definition) is 4. The highest BCUT2D eigenvalue weighted by Crippen LogP contribution is 2.36. The van der Waals surface area contributed by atoms with E-state index in [1.165, 1.54) is 6.07 Å². The van der Waals surface area contributed by atoms with Crippen molar-refractivity contribution >= 4 is 34.4 Å². The molecule has 2 fully saturated rings. The first kappa shape index (κ1) is 29.8.